The molecule has 0 aromatic heterocycles. The van der Waals surface area contributed by atoms with Crippen molar-refractivity contribution >= 4 is 22.2 Å². The first kappa shape index (κ1) is 18.2. The van der Waals surface area contributed by atoms with Gasteiger partial charge in [0.2, 0.25) is 0 Å². The molecule has 0 unspecified atom stereocenters. The van der Waals surface area contributed by atoms with Gasteiger partial charge in [0.05, 0.1) is 6.61 Å². The minimum Gasteiger partial charge on any atom is -0.462 e. The van der Waals surface area contributed by atoms with Crippen LogP contribution in [-0.4, -0.2) is 21.0 Å². The van der Waals surface area contributed by atoms with Crippen LogP contribution in [0.4, 0.5) is 0 Å². The summed E-state index contributed by atoms with van der Waals surface area (Å²) >= 11 is 0. The number of hydrogen-bond donors (Lipinski definition) is 0. The summed E-state index contributed by atoms with van der Waals surface area (Å²) in [6.07, 6.45) is 1.31. The molecule has 0 aliphatic carbocycles. The molecule has 0 spiro atoms. The SMILES string of the molecule is CCOC(=O)/C(C#N)=C\c1cccc(OS(=O)(=O)c2ccccc2)c1. The Balaban J connectivity index is 2.28. The highest BCUT2D eigenvalue weighted by molar-refractivity contribution is 7.87. The lowest BCUT2D eigenvalue weighted by atomic mass is 10.1. The largest absolute Gasteiger partial charge is 0.462 e. The molecule has 0 saturated heterocycles. The molecule has 0 amide bonds. The van der Waals surface area contributed by atoms with E-state index in [9.17, 15) is 13.2 Å². The molecule has 0 aliphatic rings. The van der Waals surface area contributed by atoms with Crippen LogP contribution in [-0.2, 0) is 19.6 Å². The Morgan fingerprint density at radius 3 is 2.52 bits per heavy atom. The summed E-state index contributed by atoms with van der Waals surface area (Å²) in [5.74, 6) is -0.674. The van der Waals surface area contributed by atoms with E-state index in [1.807, 2.05) is 0 Å². The maximum Gasteiger partial charge on any atom is 0.348 e. The van der Waals surface area contributed by atoms with Crippen molar-refractivity contribution in [3.05, 3.63) is 65.7 Å². The molecule has 0 atom stereocenters. The predicted octanol–water partition coefficient (Wildman–Crippen LogP) is 2.92. The summed E-state index contributed by atoms with van der Waals surface area (Å²) in [4.78, 5) is 11.7. The van der Waals surface area contributed by atoms with Crippen LogP contribution in [0, 0.1) is 11.3 Å². The van der Waals surface area contributed by atoms with Gasteiger partial charge in [-0.15, -0.1) is 0 Å². The molecule has 0 aliphatic heterocycles. The minimum atomic E-state index is -3.97. The standard InChI is InChI=1S/C18H15NO5S/c1-2-23-18(20)15(13-19)11-14-7-6-8-16(12-14)24-25(21,22)17-9-4-3-5-10-17/h3-12H,2H2,1H3/b15-11-. The Kier molecular flexibility index (Phi) is 5.93. The minimum absolute atomic E-state index is 0.0279. The Morgan fingerprint density at radius 2 is 1.88 bits per heavy atom. The van der Waals surface area contributed by atoms with E-state index in [-0.39, 0.29) is 22.8 Å². The lowest BCUT2D eigenvalue weighted by Crippen LogP contribution is -2.09. The lowest BCUT2D eigenvalue weighted by Gasteiger charge is -2.07. The van der Waals surface area contributed by atoms with E-state index in [1.165, 1.54) is 30.3 Å². The van der Waals surface area contributed by atoms with Gasteiger partial charge < -0.3 is 8.92 Å². The molecule has 2 rings (SSSR count). The fourth-order valence-electron chi connectivity index (χ4n) is 1.93. The summed E-state index contributed by atoms with van der Waals surface area (Å²) in [5, 5.41) is 9.04. The highest BCUT2D eigenvalue weighted by atomic mass is 32.2. The number of benzene rings is 2. The number of rotatable bonds is 6. The Labute approximate surface area is 146 Å². The summed E-state index contributed by atoms with van der Waals surface area (Å²) in [6.45, 7) is 1.78. The Hall–Kier alpha value is -3.11. The highest BCUT2D eigenvalue weighted by Gasteiger charge is 2.16. The number of ether oxygens (including phenoxy) is 1. The predicted molar refractivity (Wildman–Crippen MR) is 90.9 cm³/mol. The molecule has 7 heteroatoms. The molecular formula is C18H15NO5S. The van der Waals surface area contributed by atoms with Crippen molar-refractivity contribution in [1.29, 1.82) is 5.26 Å². The van der Waals surface area contributed by atoms with Crippen LogP contribution >= 0.6 is 0 Å². The van der Waals surface area contributed by atoms with Gasteiger partial charge in [-0.1, -0.05) is 30.3 Å². The van der Waals surface area contributed by atoms with E-state index in [2.05, 4.69) is 0 Å². The molecule has 0 bridgehead atoms. The molecule has 0 N–H and O–H groups in total. The summed E-state index contributed by atoms with van der Waals surface area (Å²) in [5.41, 5.74) is 0.246. The first-order valence-corrected chi connectivity index (χ1v) is 8.75. The maximum atomic E-state index is 12.2. The van der Waals surface area contributed by atoms with Gasteiger partial charge in [-0.25, -0.2) is 4.79 Å². The molecule has 2 aromatic carbocycles. The Morgan fingerprint density at radius 1 is 1.16 bits per heavy atom. The molecular weight excluding hydrogens is 342 g/mol. The molecule has 0 radical (unpaired) electrons. The topological polar surface area (TPSA) is 93.5 Å². The second-order valence-electron chi connectivity index (χ2n) is 4.81. The Bertz CT molecular complexity index is 927. The van der Waals surface area contributed by atoms with Crippen LogP contribution in [0.1, 0.15) is 12.5 Å². The van der Waals surface area contributed by atoms with Crippen molar-refractivity contribution in [1.82, 2.24) is 0 Å². The zero-order valence-corrected chi connectivity index (χ0v) is 14.2. The van der Waals surface area contributed by atoms with Crippen LogP contribution in [0.2, 0.25) is 0 Å². The second kappa shape index (κ2) is 8.13. The third-order valence-electron chi connectivity index (χ3n) is 3.02. The third-order valence-corrected chi connectivity index (χ3v) is 4.28. The normalized spacial score (nSPS) is 11.4. The second-order valence-corrected chi connectivity index (χ2v) is 6.36. The van der Waals surface area contributed by atoms with E-state index in [0.717, 1.165) is 0 Å². The fraction of sp³-hybridized carbons (Fsp3) is 0.111. The van der Waals surface area contributed by atoms with Crippen LogP contribution in [0.15, 0.2) is 65.1 Å². The number of carbonyl (C=O) groups excluding carboxylic acids is 1. The zero-order chi connectivity index (χ0) is 18.3. The summed E-state index contributed by atoms with van der Waals surface area (Å²) < 4.78 is 34.3. The monoisotopic (exact) mass is 357 g/mol. The van der Waals surface area contributed by atoms with Gasteiger partial charge in [0.25, 0.3) is 0 Å². The van der Waals surface area contributed by atoms with Crippen LogP contribution in [0.25, 0.3) is 6.08 Å². The molecule has 2 aromatic rings. The van der Waals surface area contributed by atoms with Gasteiger partial charge in [0.15, 0.2) is 0 Å². The lowest BCUT2D eigenvalue weighted by molar-refractivity contribution is -0.137. The number of esters is 1. The first-order valence-electron chi connectivity index (χ1n) is 7.35. The van der Waals surface area contributed by atoms with Crippen molar-refractivity contribution in [2.24, 2.45) is 0 Å². The van der Waals surface area contributed by atoms with Gasteiger partial charge in [-0.2, -0.15) is 13.7 Å². The average Bonchev–Trinajstić information content (AvgIpc) is 2.60. The molecule has 0 saturated carbocycles. The molecule has 0 fully saturated rings. The highest BCUT2D eigenvalue weighted by Crippen LogP contribution is 2.21. The van der Waals surface area contributed by atoms with Crippen molar-refractivity contribution in [3.8, 4) is 11.8 Å². The maximum absolute atomic E-state index is 12.2. The van der Waals surface area contributed by atoms with E-state index in [0.29, 0.717) is 5.56 Å². The molecule has 25 heavy (non-hydrogen) atoms. The quantitative estimate of drug-likeness (QED) is 0.341. The number of hydrogen-bond acceptors (Lipinski definition) is 6. The van der Waals surface area contributed by atoms with Gasteiger partial charge in [-0.3, -0.25) is 0 Å². The van der Waals surface area contributed by atoms with Gasteiger partial charge in [0.1, 0.15) is 22.3 Å². The van der Waals surface area contributed by atoms with Gasteiger partial charge in [-0.05, 0) is 42.8 Å². The zero-order valence-electron chi connectivity index (χ0n) is 13.4. The smallest absolute Gasteiger partial charge is 0.348 e. The molecule has 0 heterocycles. The van der Waals surface area contributed by atoms with Crippen molar-refractivity contribution < 1.29 is 22.1 Å². The summed E-state index contributed by atoms with van der Waals surface area (Å²) in [7, 11) is -3.97. The van der Waals surface area contributed by atoms with E-state index < -0.39 is 16.1 Å². The van der Waals surface area contributed by atoms with Crippen LogP contribution in [0.5, 0.6) is 5.75 Å². The first-order chi connectivity index (χ1) is 12.0. The number of carbonyl (C=O) groups is 1. The van der Waals surface area contributed by atoms with Crippen LogP contribution in [0.3, 0.4) is 0 Å². The number of nitrogens with zero attached hydrogens (tertiary/aromatic N) is 1. The average molecular weight is 357 g/mol. The van der Waals surface area contributed by atoms with E-state index >= 15 is 0 Å². The van der Waals surface area contributed by atoms with E-state index in [4.69, 9.17) is 14.2 Å². The number of nitriles is 1. The van der Waals surface area contributed by atoms with Gasteiger partial charge in [0, 0.05) is 0 Å². The van der Waals surface area contributed by atoms with Crippen molar-refractivity contribution in [2.75, 3.05) is 6.61 Å². The van der Waals surface area contributed by atoms with Gasteiger partial charge >= 0.3 is 16.1 Å². The summed E-state index contributed by atoms with van der Waals surface area (Å²) in [6, 6.07) is 15.5. The van der Waals surface area contributed by atoms with Crippen molar-refractivity contribution in [2.45, 2.75) is 11.8 Å². The fourth-order valence-corrected chi connectivity index (χ4v) is 2.87. The molecule has 6 nitrogen and oxygen atoms in total. The van der Waals surface area contributed by atoms with Crippen molar-refractivity contribution in [3.63, 3.8) is 0 Å². The van der Waals surface area contributed by atoms with E-state index in [1.54, 1.807) is 43.3 Å². The third kappa shape index (κ3) is 4.93. The van der Waals surface area contributed by atoms with Crippen LogP contribution < -0.4 is 4.18 Å². The molecule has 128 valence electrons.